The maximum absolute atomic E-state index is 13.2. The molecule has 4 rings (SSSR count). The number of nitrogens with zero attached hydrogens (tertiary/aromatic N) is 2. The molecule has 0 N–H and O–H groups in total. The first-order valence-corrected chi connectivity index (χ1v) is 10.9. The highest BCUT2D eigenvalue weighted by molar-refractivity contribution is 5.94. The zero-order valence-electron chi connectivity index (χ0n) is 17.6. The zero-order valence-corrected chi connectivity index (χ0v) is 17.6. The lowest BCUT2D eigenvalue weighted by Crippen LogP contribution is -2.36. The third kappa shape index (κ3) is 4.64. The number of benzene rings is 2. The molecule has 2 saturated heterocycles. The van der Waals surface area contributed by atoms with Gasteiger partial charge >= 0.3 is 0 Å². The summed E-state index contributed by atoms with van der Waals surface area (Å²) < 4.78 is 5.31. The van der Waals surface area contributed by atoms with E-state index in [1.54, 1.807) is 7.11 Å². The number of amides is 1. The van der Waals surface area contributed by atoms with Gasteiger partial charge in [-0.15, -0.1) is 0 Å². The van der Waals surface area contributed by atoms with Crippen LogP contribution in [-0.2, 0) is 0 Å². The molecule has 2 fully saturated rings. The van der Waals surface area contributed by atoms with Crippen LogP contribution in [0.5, 0.6) is 5.75 Å². The van der Waals surface area contributed by atoms with Crippen LogP contribution < -0.4 is 4.74 Å². The van der Waals surface area contributed by atoms with E-state index in [2.05, 4.69) is 36.1 Å². The molecule has 0 spiro atoms. The van der Waals surface area contributed by atoms with Crippen LogP contribution in [-0.4, -0.2) is 55.5 Å². The van der Waals surface area contributed by atoms with Crippen molar-refractivity contribution in [2.24, 2.45) is 5.92 Å². The van der Waals surface area contributed by atoms with Gasteiger partial charge in [0.2, 0.25) is 0 Å². The molecular formula is C25H32N2O2. The Kier molecular flexibility index (Phi) is 6.19. The first kappa shape index (κ1) is 20.0. The summed E-state index contributed by atoms with van der Waals surface area (Å²) in [5.74, 6) is 1.72. The molecular weight excluding hydrogens is 360 g/mol. The van der Waals surface area contributed by atoms with E-state index < -0.39 is 0 Å². The third-order valence-corrected chi connectivity index (χ3v) is 6.49. The Bertz CT molecular complexity index is 827. The summed E-state index contributed by atoms with van der Waals surface area (Å²) in [6.07, 6.45) is 3.95. The molecule has 0 bridgehead atoms. The molecule has 4 nitrogen and oxygen atoms in total. The summed E-state index contributed by atoms with van der Waals surface area (Å²) in [5, 5.41) is 0. The van der Waals surface area contributed by atoms with Crippen LogP contribution in [0.25, 0.3) is 0 Å². The molecule has 2 aliphatic rings. The van der Waals surface area contributed by atoms with Gasteiger partial charge in [0, 0.05) is 31.1 Å². The lowest BCUT2D eigenvalue weighted by atomic mass is 9.88. The minimum atomic E-state index is 0.113. The van der Waals surface area contributed by atoms with Crippen LogP contribution in [0, 0.1) is 12.8 Å². The molecule has 2 heterocycles. The fraction of sp³-hybridized carbons (Fsp3) is 0.480. The molecule has 2 aromatic rings. The predicted molar refractivity (Wildman–Crippen MR) is 117 cm³/mol. The van der Waals surface area contributed by atoms with Gasteiger partial charge in [-0.05, 0) is 62.5 Å². The number of hydrogen-bond acceptors (Lipinski definition) is 3. The number of carbonyl (C=O) groups is 1. The monoisotopic (exact) mass is 392 g/mol. The van der Waals surface area contributed by atoms with Gasteiger partial charge in [0.05, 0.1) is 7.11 Å². The maximum atomic E-state index is 13.2. The van der Waals surface area contributed by atoms with Crippen LogP contribution in [0.2, 0.25) is 0 Å². The number of piperidine rings is 1. The second-order valence-corrected chi connectivity index (χ2v) is 8.58. The SMILES string of the molecule is COc1cccc(C(=O)N2C[C@@H](CN3CCCCC3)[C@@H](c3ccc(C)cc3)C2)c1. The van der Waals surface area contributed by atoms with Crippen molar-refractivity contribution in [2.45, 2.75) is 32.1 Å². The largest absolute Gasteiger partial charge is 0.497 e. The first-order valence-electron chi connectivity index (χ1n) is 10.9. The van der Waals surface area contributed by atoms with Crippen LogP contribution >= 0.6 is 0 Å². The third-order valence-electron chi connectivity index (χ3n) is 6.49. The standard InChI is InChI=1S/C25H32N2O2/c1-19-9-11-20(12-10-19)24-18-27(17-22(24)16-26-13-4-3-5-14-26)25(28)21-7-6-8-23(15-21)29-2/h6-12,15,22,24H,3-5,13-14,16-18H2,1-2H3/t22-,24-/m1/s1. The summed E-state index contributed by atoms with van der Waals surface area (Å²) in [7, 11) is 1.64. The minimum Gasteiger partial charge on any atom is -0.497 e. The molecule has 4 heteroatoms. The molecule has 154 valence electrons. The highest BCUT2D eigenvalue weighted by Crippen LogP contribution is 2.35. The Morgan fingerprint density at radius 2 is 1.79 bits per heavy atom. The van der Waals surface area contributed by atoms with Crippen molar-refractivity contribution in [3.8, 4) is 5.75 Å². The highest BCUT2D eigenvalue weighted by atomic mass is 16.5. The van der Waals surface area contributed by atoms with E-state index in [0.717, 1.165) is 25.4 Å². The van der Waals surface area contributed by atoms with Gasteiger partial charge in [-0.25, -0.2) is 0 Å². The van der Waals surface area contributed by atoms with Gasteiger partial charge in [0.1, 0.15) is 5.75 Å². The number of ether oxygens (including phenoxy) is 1. The second kappa shape index (κ2) is 9.00. The number of aryl methyl sites for hydroxylation is 1. The van der Waals surface area contributed by atoms with Crippen LogP contribution in [0.15, 0.2) is 48.5 Å². The van der Waals surface area contributed by atoms with Gasteiger partial charge in [0.15, 0.2) is 0 Å². The summed E-state index contributed by atoms with van der Waals surface area (Å²) in [6.45, 7) is 7.22. The molecule has 29 heavy (non-hydrogen) atoms. The van der Waals surface area contributed by atoms with Crippen molar-refractivity contribution in [1.29, 1.82) is 0 Å². The van der Waals surface area contributed by atoms with E-state index in [1.807, 2.05) is 29.2 Å². The zero-order chi connectivity index (χ0) is 20.2. The number of likely N-dealkylation sites (tertiary alicyclic amines) is 2. The van der Waals surface area contributed by atoms with Gasteiger partial charge in [-0.1, -0.05) is 42.3 Å². The van der Waals surface area contributed by atoms with E-state index in [1.165, 1.54) is 43.5 Å². The Morgan fingerprint density at radius 1 is 1.03 bits per heavy atom. The van der Waals surface area contributed by atoms with Gasteiger partial charge < -0.3 is 14.5 Å². The molecule has 2 aliphatic heterocycles. The lowest BCUT2D eigenvalue weighted by Gasteiger charge is -2.31. The molecule has 0 aliphatic carbocycles. The van der Waals surface area contributed by atoms with E-state index in [9.17, 15) is 4.79 Å². The van der Waals surface area contributed by atoms with Crippen molar-refractivity contribution in [2.75, 3.05) is 39.8 Å². The molecule has 0 aromatic heterocycles. The summed E-state index contributed by atoms with van der Waals surface area (Å²) >= 11 is 0. The van der Waals surface area contributed by atoms with E-state index in [4.69, 9.17) is 4.74 Å². The number of hydrogen-bond donors (Lipinski definition) is 0. The maximum Gasteiger partial charge on any atom is 0.254 e. The predicted octanol–water partition coefficient (Wildman–Crippen LogP) is 4.35. The molecule has 2 atom stereocenters. The quantitative estimate of drug-likeness (QED) is 0.759. The Balaban J connectivity index is 1.54. The van der Waals surface area contributed by atoms with Crippen molar-refractivity contribution in [3.05, 3.63) is 65.2 Å². The van der Waals surface area contributed by atoms with Crippen LogP contribution in [0.4, 0.5) is 0 Å². The molecule has 2 aromatic carbocycles. The number of rotatable bonds is 5. The Morgan fingerprint density at radius 3 is 2.52 bits per heavy atom. The topological polar surface area (TPSA) is 32.8 Å². The highest BCUT2D eigenvalue weighted by Gasteiger charge is 2.37. The average Bonchev–Trinajstić information content (AvgIpc) is 3.18. The van der Waals surface area contributed by atoms with Gasteiger partial charge in [-0.3, -0.25) is 4.79 Å². The van der Waals surface area contributed by atoms with E-state index >= 15 is 0 Å². The fourth-order valence-electron chi connectivity index (χ4n) is 4.83. The van der Waals surface area contributed by atoms with Crippen molar-refractivity contribution in [1.82, 2.24) is 9.80 Å². The lowest BCUT2D eigenvalue weighted by molar-refractivity contribution is 0.0781. The molecule has 1 amide bonds. The Hall–Kier alpha value is -2.33. The average molecular weight is 393 g/mol. The van der Waals surface area contributed by atoms with Crippen LogP contribution in [0.1, 0.15) is 46.7 Å². The summed E-state index contributed by atoms with van der Waals surface area (Å²) in [5.41, 5.74) is 3.35. The fourth-order valence-corrected chi connectivity index (χ4v) is 4.83. The van der Waals surface area contributed by atoms with E-state index in [0.29, 0.717) is 17.4 Å². The molecule has 0 saturated carbocycles. The summed E-state index contributed by atoms with van der Waals surface area (Å²) in [4.78, 5) is 17.9. The van der Waals surface area contributed by atoms with Gasteiger partial charge in [-0.2, -0.15) is 0 Å². The second-order valence-electron chi connectivity index (χ2n) is 8.58. The molecule has 0 radical (unpaired) electrons. The minimum absolute atomic E-state index is 0.113. The van der Waals surface area contributed by atoms with Crippen molar-refractivity contribution >= 4 is 5.91 Å². The summed E-state index contributed by atoms with van der Waals surface area (Å²) in [6, 6.07) is 16.4. The van der Waals surface area contributed by atoms with Crippen molar-refractivity contribution < 1.29 is 9.53 Å². The Labute approximate surface area is 174 Å². The number of carbonyl (C=O) groups excluding carboxylic acids is 1. The van der Waals surface area contributed by atoms with E-state index in [-0.39, 0.29) is 5.91 Å². The van der Waals surface area contributed by atoms with Gasteiger partial charge in [0.25, 0.3) is 5.91 Å². The smallest absolute Gasteiger partial charge is 0.254 e. The number of methoxy groups -OCH3 is 1. The normalized spacial score (nSPS) is 22.6. The first-order chi connectivity index (χ1) is 14.1. The van der Waals surface area contributed by atoms with Crippen molar-refractivity contribution in [3.63, 3.8) is 0 Å². The van der Waals surface area contributed by atoms with Crippen LogP contribution in [0.3, 0.4) is 0 Å². The molecule has 0 unspecified atom stereocenters.